The van der Waals surface area contributed by atoms with Crippen molar-refractivity contribution in [3.63, 3.8) is 0 Å². The van der Waals surface area contributed by atoms with Crippen molar-refractivity contribution in [2.24, 2.45) is 0 Å². The number of benzene rings is 2. The second-order valence-electron chi connectivity index (χ2n) is 8.67. The Morgan fingerprint density at radius 1 is 0.914 bits per heavy atom. The third kappa shape index (κ3) is 4.37. The average molecular weight is 468 g/mol. The summed E-state index contributed by atoms with van der Waals surface area (Å²) in [4.78, 5) is 22.4. The number of aryl methyl sites for hydroxylation is 1. The zero-order valence-corrected chi connectivity index (χ0v) is 20.3. The zero-order chi connectivity index (χ0) is 24.4. The van der Waals surface area contributed by atoms with Crippen LogP contribution in [0, 0.1) is 13.8 Å². The minimum absolute atomic E-state index is 0.00540. The molecule has 0 saturated carbocycles. The van der Waals surface area contributed by atoms with Gasteiger partial charge in [-0.3, -0.25) is 4.79 Å². The van der Waals surface area contributed by atoms with Crippen LogP contribution < -0.4 is 9.64 Å². The fraction of sp³-hybridized carbons (Fsp3) is 0.250. The molecular formula is C28H29N5O2. The van der Waals surface area contributed by atoms with E-state index in [0.29, 0.717) is 24.4 Å². The van der Waals surface area contributed by atoms with E-state index in [0.717, 1.165) is 47.1 Å². The predicted molar refractivity (Wildman–Crippen MR) is 137 cm³/mol. The van der Waals surface area contributed by atoms with Gasteiger partial charge in [0.15, 0.2) is 0 Å². The molecule has 7 nitrogen and oxygen atoms in total. The van der Waals surface area contributed by atoms with Gasteiger partial charge >= 0.3 is 0 Å². The lowest BCUT2D eigenvalue weighted by Crippen LogP contribution is -2.49. The van der Waals surface area contributed by atoms with E-state index in [1.165, 1.54) is 0 Å². The molecule has 0 spiro atoms. The zero-order valence-electron chi connectivity index (χ0n) is 20.3. The largest absolute Gasteiger partial charge is 0.497 e. The summed E-state index contributed by atoms with van der Waals surface area (Å²) in [6, 6.07) is 21.7. The summed E-state index contributed by atoms with van der Waals surface area (Å²) in [5, 5.41) is 4.80. The molecule has 1 aliphatic rings. The number of ether oxygens (including phenoxy) is 1. The van der Waals surface area contributed by atoms with Crippen LogP contribution in [0.25, 0.3) is 16.8 Å². The van der Waals surface area contributed by atoms with E-state index >= 15 is 0 Å². The Hall–Kier alpha value is -4.13. The van der Waals surface area contributed by atoms with Crippen LogP contribution >= 0.6 is 0 Å². The van der Waals surface area contributed by atoms with E-state index in [9.17, 15) is 4.79 Å². The molecule has 0 atom stereocenters. The van der Waals surface area contributed by atoms with E-state index in [-0.39, 0.29) is 5.91 Å². The molecule has 0 radical (unpaired) electrons. The van der Waals surface area contributed by atoms with Gasteiger partial charge in [0.2, 0.25) is 0 Å². The first-order valence-electron chi connectivity index (χ1n) is 11.8. The van der Waals surface area contributed by atoms with Crippen LogP contribution in [0.3, 0.4) is 0 Å². The fourth-order valence-electron chi connectivity index (χ4n) is 4.75. The lowest BCUT2D eigenvalue weighted by Gasteiger charge is -2.35. The summed E-state index contributed by atoms with van der Waals surface area (Å²) in [5.74, 6) is 1.61. The van der Waals surface area contributed by atoms with E-state index in [1.807, 2.05) is 90.2 Å². The smallest absolute Gasteiger partial charge is 0.254 e. The molecular weight excluding hydrogens is 438 g/mol. The maximum atomic E-state index is 13.8. The van der Waals surface area contributed by atoms with Crippen LogP contribution in [0.15, 0.2) is 72.9 Å². The lowest BCUT2D eigenvalue weighted by molar-refractivity contribution is 0.0747. The lowest BCUT2D eigenvalue weighted by atomic mass is 9.96. The Kier molecular flexibility index (Phi) is 6.23. The number of pyridine rings is 1. The topological polar surface area (TPSA) is 63.5 Å². The minimum atomic E-state index is 0.00540. The Morgan fingerprint density at radius 3 is 2.34 bits per heavy atom. The van der Waals surface area contributed by atoms with Crippen molar-refractivity contribution >= 4 is 11.7 Å². The number of carbonyl (C=O) groups is 1. The number of methoxy groups -OCH3 is 1. The van der Waals surface area contributed by atoms with Crippen molar-refractivity contribution < 1.29 is 9.53 Å². The number of aromatic nitrogens is 3. The fourth-order valence-corrected chi connectivity index (χ4v) is 4.75. The number of amides is 1. The summed E-state index contributed by atoms with van der Waals surface area (Å²) >= 11 is 0. The van der Waals surface area contributed by atoms with Crippen molar-refractivity contribution in [3.8, 4) is 22.6 Å². The second kappa shape index (κ2) is 9.62. The van der Waals surface area contributed by atoms with Gasteiger partial charge < -0.3 is 14.5 Å². The van der Waals surface area contributed by atoms with Crippen LogP contribution in [-0.2, 0) is 0 Å². The summed E-state index contributed by atoms with van der Waals surface area (Å²) in [6.07, 6.45) is 1.80. The van der Waals surface area contributed by atoms with Gasteiger partial charge in [-0.1, -0.05) is 24.3 Å². The van der Waals surface area contributed by atoms with Crippen LogP contribution in [0.5, 0.6) is 5.75 Å². The Morgan fingerprint density at radius 2 is 1.66 bits per heavy atom. The van der Waals surface area contributed by atoms with Crippen LogP contribution in [-0.4, -0.2) is 58.9 Å². The predicted octanol–water partition coefficient (Wildman–Crippen LogP) is 4.52. The van der Waals surface area contributed by atoms with Gasteiger partial charge in [0.25, 0.3) is 5.91 Å². The molecule has 1 fully saturated rings. The van der Waals surface area contributed by atoms with Crippen LogP contribution in [0.1, 0.15) is 21.7 Å². The van der Waals surface area contributed by atoms with Crippen molar-refractivity contribution in [2.45, 2.75) is 13.8 Å². The maximum absolute atomic E-state index is 13.8. The number of hydrogen-bond acceptors (Lipinski definition) is 5. The summed E-state index contributed by atoms with van der Waals surface area (Å²) in [6.45, 7) is 6.79. The van der Waals surface area contributed by atoms with E-state index in [4.69, 9.17) is 9.84 Å². The molecule has 5 rings (SSSR count). The third-order valence-electron chi connectivity index (χ3n) is 6.56. The minimum Gasteiger partial charge on any atom is -0.497 e. The number of hydrogen-bond donors (Lipinski definition) is 0. The molecule has 7 heteroatoms. The van der Waals surface area contributed by atoms with Gasteiger partial charge in [0.1, 0.15) is 11.6 Å². The maximum Gasteiger partial charge on any atom is 0.254 e. The summed E-state index contributed by atoms with van der Waals surface area (Å²) in [7, 11) is 1.62. The molecule has 3 heterocycles. The highest BCUT2D eigenvalue weighted by molar-refractivity contribution is 6.02. The molecule has 35 heavy (non-hydrogen) atoms. The van der Waals surface area contributed by atoms with Crippen molar-refractivity contribution in [1.29, 1.82) is 0 Å². The molecule has 0 aliphatic carbocycles. The van der Waals surface area contributed by atoms with Gasteiger partial charge in [-0.25, -0.2) is 9.67 Å². The van der Waals surface area contributed by atoms with Gasteiger partial charge in [-0.2, -0.15) is 5.10 Å². The Balaban J connectivity index is 1.47. The SMILES string of the molecule is COc1ccc(-c2c(C)nn(-c3ccccc3)c2C)c(C(=O)N2CCN(c3ccccn3)CC2)c1. The molecule has 0 bridgehead atoms. The summed E-state index contributed by atoms with van der Waals surface area (Å²) < 4.78 is 7.42. The van der Waals surface area contributed by atoms with Crippen molar-refractivity contribution in [2.75, 3.05) is 38.2 Å². The van der Waals surface area contributed by atoms with Gasteiger partial charge in [0, 0.05) is 43.6 Å². The van der Waals surface area contributed by atoms with E-state index in [2.05, 4.69) is 9.88 Å². The van der Waals surface area contributed by atoms with Crippen LogP contribution in [0.4, 0.5) is 5.82 Å². The van der Waals surface area contributed by atoms with Gasteiger partial charge in [0.05, 0.1) is 24.1 Å². The number of anilines is 1. The first kappa shape index (κ1) is 22.7. The molecule has 2 aromatic carbocycles. The van der Waals surface area contributed by atoms with Crippen molar-refractivity contribution in [3.05, 3.63) is 89.9 Å². The molecule has 1 saturated heterocycles. The molecule has 2 aromatic heterocycles. The van der Waals surface area contributed by atoms with Gasteiger partial charge in [-0.15, -0.1) is 0 Å². The monoisotopic (exact) mass is 467 g/mol. The highest BCUT2D eigenvalue weighted by Gasteiger charge is 2.27. The molecule has 1 aliphatic heterocycles. The quantitative estimate of drug-likeness (QED) is 0.432. The van der Waals surface area contributed by atoms with Gasteiger partial charge in [-0.05, 0) is 61.9 Å². The highest BCUT2D eigenvalue weighted by atomic mass is 16.5. The molecule has 4 aromatic rings. The molecule has 178 valence electrons. The number of para-hydroxylation sites is 1. The first-order chi connectivity index (χ1) is 17.1. The Labute approximate surface area is 205 Å². The number of piperazine rings is 1. The summed E-state index contributed by atoms with van der Waals surface area (Å²) in [5.41, 5.74) is 5.35. The second-order valence-corrected chi connectivity index (χ2v) is 8.67. The number of carbonyl (C=O) groups excluding carboxylic acids is 1. The highest BCUT2D eigenvalue weighted by Crippen LogP contribution is 2.34. The molecule has 0 unspecified atom stereocenters. The number of nitrogens with zero attached hydrogens (tertiary/aromatic N) is 5. The average Bonchev–Trinajstić information content (AvgIpc) is 3.22. The van der Waals surface area contributed by atoms with E-state index in [1.54, 1.807) is 13.3 Å². The van der Waals surface area contributed by atoms with Crippen molar-refractivity contribution in [1.82, 2.24) is 19.7 Å². The molecule has 0 N–H and O–H groups in total. The van der Waals surface area contributed by atoms with E-state index < -0.39 is 0 Å². The normalized spacial score (nSPS) is 13.7. The first-order valence-corrected chi connectivity index (χ1v) is 11.8. The van der Waals surface area contributed by atoms with Crippen LogP contribution in [0.2, 0.25) is 0 Å². The third-order valence-corrected chi connectivity index (χ3v) is 6.56. The standard InChI is InChI=1S/C28H29N5O2/c1-20-27(21(2)33(30-20)22-9-5-4-6-10-22)24-13-12-23(35-3)19-25(24)28(34)32-17-15-31(16-18-32)26-11-7-8-14-29-26/h4-14,19H,15-18H2,1-3H3. The number of rotatable bonds is 5. The molecule has 1 amide bonds. The Bertz CT molecular complexity index is 1330.